The zero-order valence-electron chi connectivity index (χ0n) is 17.3. The van der Waals surface area contributed by atoms with Crippen LogP contribution in [0.25, 0.3) is 5.57 Å². The van der Waals surface area contributed by atoms with Gasteiger partial charge in [0.1, 0.15) is 5.82 Å². The molecule has 6 nitrogen and oxygen atoms in total. The fraction of sp³-hybridized carbons (Fsp3) is 0.409. The summed E-state index contributed by atoms with van der Waals surface area (Å²) in [4.78, 5) is 31.8. The highest BCUT2D eigenvalue weighted by atomic mass is 19.1. The number of carbonyl (C=O) groups is 2. The minimum absolute atomic E-state index is 0.0911. The number of anilines is 1. The SMILES string of the molecule is CCN(CC)CCNC(=O)C1C(C)=NC(/C=C2\C(=O)Nc3ccc(F)cc32)=C1C. The van der Waals surface area contributed by atoms with Gasteiger partial charge in [-0.05, 0) is 56.8 Å². The molecule has 3 rings (SSSR count). The summed E-state index contributed by atoms with van der Waals surface area (Å²) in [5, 5.41) is 5.71. The second-order valence-corrected chi connectivity index (χ2v) is 7.27. The highest BCUT2D eigenvalue weighted by Crippen LogP contribution is 2.35. The Morgan fingerprint density at radius 3 is 2.72 bits per heavy atom. The maximum Gasteiger partial charge on any atom is 0.256 e. The number of carbonyl (C=O) groups excluding carboxylic acids is 2. The van der Waals surface area contributed by atoms with Crippen LogP contribution in [0, 0.1) is 11.7 Å². The molecule has 0 bridgehead atoms. The van der Waals surface area contributed by atoms with Gasteiger partial charge in [-0.2, -0.15) is 0 Å². The van der Waals surface area contributed by atoms with E-state index in [2.05, 4.69) is 34.4 Å². The van der Waals surface area contributed by atoms with Gasteiger partial charge in [0, 0.05) is 30.1 Å². The Bertz CT molecular complexity index is 929. The Balaban J connectivity index is 1.79. The Hall–Kier alpha value is -2.80. The molecule has 1 aromatic carbocycles. The number of benzene rings is 1. The van der Waals surface area contributed by atoms with Crippen molar-refractivity contribution < 1.29 is 14.0 Å². The second kappa shape index (κ2) is 8.69. The molecule has 2 amide bonds. The molecular weight excluding hydrogens is 371 g/mol. The lowest BCUT2D eigenvalue weighted by Gasteiger charge is -2.19. The van der Waals surface area contributed by atoms with Crippen molar-refractivity contribution in [3.05, 3.63) is 46.9 Å². The average molecular weight is 398 g/mol. The summed E-state index contributed by atoms with van der Waals surface area (Å²) in [5.74, 6) is -1.25. The number of nitrogens with zero attached hydrogens (tertiary/aromatic N) is 2. The Labute approximate surface area is 170 Å². The summed E-state index contributed by atoms with van der Waals surface area (Å²) in [6.07, 6.45) is 1.64. The van der Waals surface area contributed by atoms with Crippen LogP contribution in [0.5, 0.6) is 0 Å². The maximum atomic E-state index is 13.6. The van der Waals surface area contributed by atoms with Gasteiger partial charge in [-0.1, -0.05) is 13.8 Å². The first kappa shape index (κ1) is 20.9. The van der Waals surface area contributed by atoms with Gasteiger partial charge in [-0.3, -0.25) is 14.6 Å². The number of aliphatic imine (C=N–C) groups is 1. The lowest BCUT2D eigenvalue weighted by atomic mass is 9.95. The average Bonchev–Trinajstić information content (AvgIpc) is 3.14. The van der Waals surface area contributed by atoms with E-state index in [-0.39, 0.29) is 11.8 Å². The predicted octanol–water partition coefficient (Wildman–Crippen LogP) is 2.98. The summed E-state index contributed by atoms with van der Waals surface area (Å²) >= 11 is 0. The standard InChI is InChI=1S/C22H27FN4O2/c1-5-27(6-2)10-9-24-22(29)20-13(3)19(25-14(20)4)12-17-16-11-15(23)7-8-18(16)26-21(17)28/h7-8,11-12,20H,5-6,9-10H2,1-4H3,(H,24,29)(H,26,28)/b17-12-. The largest absolute Gasteiger partial charge is 0.354 e. The zero-order chi connectivity index (χ0) is 21.1. The first-order valence-electron chi connectivity index (χ1n) is 9.94. The number of amides is 2. The highest BCUT2D eigenvalue weighted by Gasteiger charge is 2.31. The molecule has 2 aliphatic heterocycles. The minimum atomic E-state index is -0.449. The van der Waals surface area contributed by atoms with Crippen molar-refractivity contribution in [2.24, 2.45) is 10.9 Å². The van der Waals surface area contributed by atoms with E-state index in [9.17, 15) is 14.0 Å². The van der Waals surface area contributed by atoms with Crippen molar-refractivity contribution in [3.8, 4) is 0 Å². The third-order valence-corrected chi connectivity index (χ3v) is 5.48. The molecular formula is C22H27FN4O2. The Morgan fingerprint density at radius 2 is 2.03 bits per heavy atom. The molecule has 0 aromatic heterocycles. The van der Waals surface area contributed by atoms with E-state index < -0.39 is 11.7 Å². The van der Waals surface area contributed by atoms with Gasteiger partial charge in [0.15, 0.2) is 0 Å². The molecule has 7 heteroatoms. The fourth-order valence-corrected chi connectivity index (χ4v) is 3.76. The van der Waals surface area contributed by atoms with Crippen molar-refractivity contribution in [3.63, 3.8) is 0 Å². The molecule has 1 aromatic rings. The minimum Gasteiger partial charge on any atom is -0.354 e. The van der Waals surface area contributed by atoms with Crippen LogP contribution in [0.1, 0.15) is 33.3 Å². The lowest BCUT2D eigenvalue weighted by molar-refractivity contribution is -0.122. The number of fused-ring (bicyclic) bond motifs is 1. The van der Waals surface area contributed by atoms with Crippen LogP contribution in [0.15, 0.2) is 40.5 Å². The molecule has 29 heavy (non-hydrogen) atoms. The molecule has 1 atom stereocenters. The van der Waals surface area contributed by atoms with Crippen molar-refractivity contribution in [1.82, 2.24) is 10.2 Å². The summed E-state index contributed by atoms with van der Waals surface area (Å²) < 4.78 is 13.6. The quantitative estimate of drug-likeness (QED) is 0.694. The molecule has 0 aliphatic carbocycles. The monoisotopic (exact) mass is 398 g/mol. The van der Waals surface area contributed by atoms with Gasteiger partial charge >= 0.3 is 0 Å². The smallest absolute Gasteiger partial charge is 0.256 e. The third kappa shape index (κ3) is 4.29. The molecule has 2 heterocycles. The first-order chi connectivity index (χ1) is 13.8. The summed E-state index contributed by atoms with van der Waals surface area (Å²) in [6.45, 7) is 11.1. The van der Waals surface area contributed by atoms with Gasteiger partial charge in [-0.15, -0.1) is 0 Å². The molecule has 2 N–H and O–H groups in total. The normalized spacial score (nSPS) is 19.7. The molecule has 2 aliphatic rings. The van der Waals surface area contributed by atoms with Crippen molar-refractivity contribution >= 4 is 28.8 Å². The Kier molecular flexibility index (Phi) is 6.27. The zero-order valence-corrected chi connectivity index (χ0v) is 17.3. The summed E-state index contributed by atoms with van der Waals surface area (Å²) in [6, 6.07) is 4.18. The van der Waals surface area contributed by atoms with Crippen molar-refractivity contribution in [2.45, 2.75) is 27.7 Å². The number of rotatable bonds is 7. The van der Waals surface area contributed by atoms with E-state index >= 15 is 0 Å². The topological polar surface area (TPSA) is 73.8 Å². The van der Waals surface area contributed by atoms with Gasteiger partial charge in [0.05, 0.1) is 17.2 Å². The summed E-state index contributed by atoms with van der Waals surface area (Å²) in [5.41, 5.74) is 3.49. The first-order valence-corrected chi connectivity index (χ1v) is 9.94. The molecule has 1 unspecified atom stereocenters. The lowest BCUT2D eigenvalue weighted by Crippen LogP contribution is -2.39. The van der Waals surface area contributed by atoms with E-state index in [0.717, 1.165) is 25.2 Å². The Morgan fingerprint density at radius 1 is 1.31 bits per heavy atom. The third-order valence-electron chi connectivity index (χ3n) is 5.48. The molecule has 0 saturated heterocycles. The molecule has 0 radical (unpaired) electrons. The maximum absolute atomic E-state index is 13.6. The molecule has 0 spiro atoms. The molecule has 0 saturated carbocycles. The number of hydrogen-bond donors (Lipinski definition) is 2. The van der Waals surface area contributed by atoms with E-state index in [1.165, 1.54) is 12.1 Å². The fourth-order valence-electron chi connectivity index (χ4n) is 3.76. The van der Waals surface area contributed by atoms with E-state index in [1.807, 2.05) is 13.8 Å². The second-order valence-electron chi connectivity index (χ2n) is 7.27. The van der Waals surface area contributed by atoms with Crippen LogP contribution >= 0.6 is 0 Å². The predicted molar refractivity (Wildman–Crippen MR) is 113 cm³/mol. The van der Waals surface area contributed by atoms with Gasteiger partial charge in [-0.25, -0.2) is 4.39 Å². The van der Waals surface area contributed by atoms with Crippen LogP contribution < -0.4 is 10.6 Å². The van der Waals surface area contributed by atoms with Crippen LogP contribution in [0.2, 0.25) is 0 Å². The van der Waals surface area contributed by atoms with E-state index in [4.69, 9.17) is 0 Å². The number of halogens is 1. The van der Waals surface area contributed by atoms with Crippen molar-refractivity contribution in [2.75, 3.05) is 31.5 Å². The number of allylic oxidation sites excluding steroid dienone is 1. The van der Waals surface area contributed by atoms with Crippen molar-refractivity contribution in [1.29, 1.82) is 0 Å². The number of hydrogen-bond acceptors (Lipinski definition) is 4. The summed E-state index contributed by atoms with van der Waals surface area (Å²) in [7, 11) is 0. The van der Waals surface area contributed by atoms with E-state index in [0.29, 0.717) is 34.8 Å². The van der Waals surface area contributed by atoms with Gasteiger partial charge in [0.2, 0.25) is 5.91 Å². The van der Waals surface area contributed by atoms with Gasteiger partial charge < -0.3 is 15.5 Å². The van der Waals surface area contributed by atoms with Crippen LogP contribution in [-0.4, -0.2) is 48.6 Å². The molecule has 0 fully saturated rings. The van der Waals surface area contributed by atoms with Crippen LogP contribution in [-0.2, 0) is 9.59 Å². The number of likely N-dealkylation sites (N-methyl/N-ethyl adjacent to an activating group) is 1. The van der Waals surface area contributed by atoms with Gasteiger partial charge in [0.25, 0.3) is 5.91 Å². The van der Waals surface area contributed by atoms with Crippen LogP contribution in [0.3, 0.4) is 0 Å². The molecule has 154 valence electrons. The van der Waals surface area contributed by atoms with E-state index in [1.54, 1.807) is 12.1 Å². The highest BCUT2D eigenvalue weighted by molar-refractivity contribution is 6.32. The number of nitrogens with one attached hydrogen (secondary N) is 2. The van der Waals surface area contributed by atoms with Crippen LogP contribution in [0.4, 0.5) is 10.1 Å².